The smallest absolute Gasteiger partial charge is 1.00 e. The van der Waals surface area contributed by atoms with Crippen LogP contribution in [-0.2, 0) is 54.7 Å². The van der Waals surface area contributed by atoms with Gasteiger partial charge in [0, 0.05) is 74.0 Å². The number of aromatic nitrogens is 4. The first-order valence-corrected chi connectivity index (χ1v) is 37.8. The molecule has 1 atom stereocenters. The predicted molar refractivity (Wildman–Crippen MR) is 391 cm³/mol. The van der Waals surface area contributed by atoms with Crippen molar-refractivity contribution in [1.29, 1.82) is 0 Å². The predicted octanol–water partition coefficient (Wildman–Crippen LogP) is 12.1. The summed E-state index contributed by atoms with van der Waals surface area (Å²) in [6, 6.07) is 27.8. The maximum Gasteiger partial charge on any atom is 1.00 e. The van der Waals surface area contributed by atoms with E-state index < -0.39 is 48.7 Å². The van der Waals surface area contributed by atoms with E-state index in [1.807, 2.05) is 113 Å². The van der Waals surface area contributed by atoms with E-state index in [-0.39, 0.29) is 126 Å². The maximum absolute atomic E-state index is 10.4. The van der Waals surface area contributed by atoms with Crippen molar-refractivity contribution in [3.63, 3.8) is 0 Å². The molecule has 3 aliphatic heterocycles. The van der Waals surface area contributed by atoms with Gasteiger partial charge in [-0.3, -0.25) is 0 Å². The number of carbonyl (C=O) groups excluding carboxylic acids is 1. The Morgan fingerprint density at radius 3 is 1.28 bits per heavy atom. The fourth-order valence-electron chi connectivity index (χ4n) is 14.2. The van der Waals surface area contributed by atoms with Crippen LogP contribution in [0.3, 0.4) is 0 Å². The van der Waals surface area contributed by atoms with Crippen LogP contribution in [0.1, 0.15) is 180 Å². The average Bonchev–Trinajstić information content (AvgIpc) is 1.54. The van der Waals surface area contributed by atoms with Gasteiger partial charge in [0.05, 0.1) is 53.4 Å². The van der Waals surface area contributed by atoms with E-state index in [2.05, 4.69) is 184 Å². The molecule has 3 fully saturated rings. The number of fused-ring (bicyclic) bond motifs is 14. The van der Waals surface area contributed by atoms with Gasteiger partial charge in [0.25, 0.3) is 0 Å². The summed E-state index contributed by atoms with van der Waals surface area (Å²) in [6.07, 6.45) is 0.850. The molecule has 9 heterocycles. The van der Waals surface area contributed by atoms with Gasteiger partial charge in [0.15, 0.2) is 6.10 Å². The van der Waals surface area contributed by atoms with Gasteiger partial charge < -0.3 is 34.9 Å². The normalized spacial score (nSPS) is 20.1. The van der Waals surface area contributed by atoms with Crippen molar-refractivity contribution in [2.24, 2.45) is 0 Å². The van der Waals surface area contributed by atoms with Crippen molar-refractivity contribution >= 4 is 154 Å². The molecular weight excluding hydrogens is 1490 g/mol. The third-order valence-electron chi connectivity index (χ3n) is 21.3. The third kappa shape index (κ3) is 12.1. The molecule has 0 saturated carbocycles. The minimum atomic E-state index is -0.799. The minimum Gasteiger partial charge on any atom is -1.00 e. The van der Waals surface area contributed by atoms with Crippen LogP contribution in [0.25, 0.3) is 74.3 Å². The zero-order chi connectivity index (χ0) is 66.4. The number of hydrogen-bond acceptors (Lipinski definition) is 18. The van der Waals surface area contributed by atoms with Gasteiger partial charge in [-0.2, -0.15) is 17.5 Å². The number of thiophene rings is 4. The Hall–Kier alpha value is -1.09. The van der Waals surface area contributed by atoms with E-state index >= 15 is 0 Å². The van der Waals surface area contributed by atoms with Gasteiger partial charge in [-0.05, 0) is 235 Å². The molecular formula is C71H74B2Br2K2N4O8S6. The number of rotatable bonds is 4. The second-order valence-electron chi connectivity index (χ2n) is 29.6. The zero-order valence-corrected chi connectivity index (χ0v) is 71.9. The van der Waals surface area contributed by atoms with Crippen molar-refractivity contribution < 1.29 is 142 Å². The van der Waals surface area contributed by atoms with Gasteiger partial charge >= 0.3 is 123 Å². The maximum atomic E-state index is 10.4. The molecule has 484 valence electrons. The number of nitrogens with zero attached hydrogens (tertiary/aromatic N) is 4. The first-order valence-electron chi connectivity index (χ1n) is 31.5. The van der Waals surface area contributed by atoms with Crippen LogP contribution in [0.5, 0.6) is 0 Å². The Morgan fingerprint density at radius 1 is 0.495 bits per heavy atom. The zero-order valence-electron chi connectivity index (χ0n) is 58.5. The molecule has 6 aromatic heterocycles. The second kappa shape index (κ2) is 26.0. The summed E-state index contributed by atoms with van der Waals surface area (Å²) in [7, 11) is -0.956. The molecule has 0 spiro atoms. The van der Waals surface area contributed by atoms with Crippen molar-refractivity contribution in [2.75, 3.05) is 6.61 Å². The number of carbonyl (C=O) groups is 1. The number of aryl methyl sites for hydroxylation is 2. The summed E-state index contributed by atoms with van der Waals surface area (Å²) in [5.41, 5.74) is 23.9. The minimum absolute atomic E-state index is 0. The average molecular weight is 1560 g/mol. The summed E-state index contributed by atoms with van der Waals surface area (Å²) in [5.74, 6) is -0.799. The molecule has 3 saturated heterocycles. The Balaban J connectivity index is 0.000000137. The summed E-state index contributed by atoms with van der Waals surface area (Å²) < 4.78 is 50.4. The summed E-state index contributed by atoms with van der Waals surface area (Å²) >= 11 is 17.5. The number of hydrogen-bond donors (Lipinski definition) is 0. The molecule has 17 rings (SSSR count). The van der Waals surface area contributed by atoms with Crippen LogP contribution in [0.4, 0.5) is 0 Å². The van der Waals surface area contributed by atoms with Crippen LogP contribution in [0.15, 0.2) is 80.4 Å². The van der Waals surface area contributed by atoms with Crippen LogP contribution in [-0.4, -0.2) is 72.8 Å². The Kier molecular flexibility index (Phi) is 20.1. The van der Waals surface area contributed by atoms with Crippen LogP contribution in [0.2, 0.25) is 0 Å². The molecule has 4 aromatic carbocycles. The van der Waals surface area contributed by atoms with Crippen LogP contribution in [0, 0.1) is 13.8 Å². The van der Waals surface area contributed by atoms with Gasteiger partial charge in [0.1, 0.15) is 22.1 Å². The molecule has 0 radical (unpaired) electrons. The molecule has 0 bridgehead atoms. The fourth-order valence-corrected chi connectivity index (χ4v) is 21.6. The van der Waals surface area contributed by atoms with Gasteiger partial charge in [0.2, 0.25) is 0 Å². The van der Waals surface area contributed by atoms with Gasteiger partial charge in [-0.15, -0.1) is 45.3 Å². The van der Waals surface area contributed by atoms with E-state index in [0.29, 0.717) is 13.0 Å². The molecule has 0 N–H and O–H groups in total. The van der Waals surface area contributed by atoms with Crippen molar-refractivity contribution in [3.8, 4) is 52.2 Å². The molecule has 24 heteroatoms. The largest absolute Gasteiger partial charge is 1.00 e. The van der Waals surface area contributed by atoms with E-state index in [4.69, 9.17) is 23.4 Å². The molecule has 10 aromatic rings. The van der Waals surface area contributed by atoms with E-state index in [9.17, 15) is 10.1 Å². The van der Waals surface area contributed by atoms with Crippen molar-refractivity contribution in [3.05, 3.63) is 135 Å². The van der Waals surface area contributed by atoms with E-state index in [1.54, 1.807) is 0 Å². The quantitative estimate of drug-likeness (QED) is 0.0938. The molecule has 7 aliphatic rings. The molecule has 95 heavy (non-hydrogen) atoms. The number of halogens is 2. The Morgan fingerprint density at radius 2 is 0.874 bits per heavy atom. The van der Waals surface area contributed by atoms with Gasteiger partial charge in [-0.1, -0.05) is 79.7 Å². The van der Waals surface area contributed by atoms with E-state index in [1.165, 1.54) is 138 Å². The second-order valence-corrected chi connectivity index (χ2v) is 37.8. The fraction of sp³-hybridized carbons (Fsp3) is 0.423. The van der Waals surface area contributed by atoms with Crippen LogP contribution >= 0.6 is 101 Å². The topological polar surface area (TPSA) is 147 Å². The summed E-state index contributed by atoms with van der Waals surface area (Å²) in [5, 5.41) is 9.49. The van der Waals surface area contributed by atoms with Crippen LogP contribution < -0.4 is 119 Å². The SMILES string of the molecule is CC1(C)OB(c2ccc(B3OC(C)(C)C(C)(C)O3)c3nsnc23)OC1(C)C.CC1(C)c2cc3c(cc2-c2sc(Br)cc21)C(C)(C)c1cc(Br)sc1-3.Cc1cc2c(s1)-c1cc3c(cc1C2(C)C)-c1sc(-c2ccc(C)c4nsnc24)cc1C3(C)C.O=C(O[O-])C1CCCO1.[H-].[K+].[K+]. The Labute approximate surface area is 685 Å². The number of benzene rings is 4. The summed E-state index contributed by atoms with van der Waals surface area (Å²) in [4.78, 5) is 22.1. The molecule has 0 amide bonds. The standard InChI is InChI=1S/C28H24N2S3.C20H16Br2S2.C18H26B2N2O4S.C5H8O4.2K.H/c1-13-7-8-15(24-23(13)29-33-30-24)22-12-21-26(32-22)17-11-18-16(10-19(17)28(21,5)6)25-20(27(18,3)4)9-14(2)31-25;1-19(2)11-5-10-12(6-9(11)17-13(19)7-15(21)23-17)20(3,4)14-8-16(22)24-18(10)14;1-15(2)16(3,4)24-19(23-15)11-9-10-12(14-13(11)21-27-22-14)20-25-17(5,6)18(7,8)26-20;6-5(9-7)4-2-1-3-8-4;;;/h7-12H,1-6H3;5-8H,1-4H3;9-10H,1-8H3;4,7H,1-3H2;;;/q;;;;2*+1;-1/p-1. The third-order valence-corrected chi connectivity index (χ3v) is 28.0. The first kappa shape index (κ1) is 73.7. The number of ether oxygens (including phenoxy) is 1. The molecule has 1 unspecified atom stereocenters. The monoisotopic (exact) mass is 1560 g/mol. The first-order chi connectivity index (χ1) is 43.6. The molecule has 12 nitrogen and oxygen atoms in total. The Bertz CT molecular complexity index is 4570. The summed E-state index contributed by atoms with van der Waals surface area (Å²) in [6.45, 7) is 40.2. The van der Waals surface area contributed by atoms with Crippen molar-refractivity contribution in [2.45, 2.75) is 188 Å². The van der Waals surface area contributed by atoms with Gasteiger partial charge in [-0.25, -0.2) is 4.79 Å². The molecule has 4 aliphatic carbocycles. The van der Waals surface area contributed by atoms with E-state index in [0.717, 1.165) is 39.4 Å². The van der Waals surface area contributed by atoms with Crippen molar-refractivity contribution in [1.82, 2.24) is 17.5 Å².